The summed E-state index contributed by atoms with van der Waals surface area (Å²) < 4.78 is 11.6. The molecule has 0 bridgehead atoms. The summed E-state index contributed by atoms with van der Waals surface area (Å²) in [5, 5.41) is 2.77. The Morgan fingerprint density at radius 3 is 2.59 bits per heavy atom. The minimum absolute atomic E-state index is 0.0506. The third-order valence-electron chi connectivity index (χ3n) is 3.66. The molecule has 120 valence electrons. The molecule has 0 radical (unpaired) electrons. The minimum atomic E-state index is -0.613. The Morgan fingerprint density at radius 2 is 1.95 bits per heavy atom. The molecule has 1 aliphatic rings. The summed E-state index contributed by atoms with van der Waals surface area (Å²) in [5.74, 6) is -0.148. The van der Waals surface area contributed by atoms with E-state index in [1.54, 1.807) is 0 Å². The number of hydrogen-bond donors (Lipinski definition) is 1. The molecular formula is C17H23NO4. The monoisotopic (exact) mass is 305 g/mol. The topological polar surface area (TPSA) is 64.6 Å². The van der Waals surface area contributed by atoms with Gasteiger partial charge in [0.25, 0.3) is 0 Å². The Hall–Kier alpha value is -1.72. The first kappa shape index (κ1) is 16.6. The van der Waals surface area contributed by atoms with Crippen LogP contribution in [0, 0.1) is 5.41 Å². The molecule has 2 atom stereocenters. The van der Waals surface area contributed by atoms with Gasteiger partial charge in [-0.25, -0.2) is 0 Å². The van der Waals surface area contributed by atoms with Crippen LogP contribution in [0.2, 0.25) is 0 Å². The zero-order valence-electron chi connectivity index (χ0n) is 13.3. The molecule has 5 nitrogen and oxygen atoms in total. The molecule has 0 spiro atoms. The zero-order valence-corrected chi connectivity index (χ0v) is 13.3. The van der Waals surface area contributed by atoms with Crippen LogP contribution in [0.1, 0.15) is 39.0 Å². The molecule has 1 aromatic rings. The van der Waals surface area contributed by atoms with Gasteiger partial charge in [-0.3, -0.25) is 9.59 Å². The van der Waals surface area contributed by atoms with Gasteiger partial charge in [0, 0.05) is 23.9 Å². The van der Waals surface area contributed by atoms with Crippen molar-refractivity contribution >= 4 is 11.7 Å². The van der Waals surface area contributed by atoms with Crippen LogP contribution in [0.25, 0.3) is 0 Å². The van der Waals surface area contributed by atoms with Gasteiger partial charge in [0.1, 0.15) is 11.9 Å². The van der Waals surface area contributed by atoms with E-state index in [2.05, 4.69) is 5.32 Å². The fourth-order valence-electron chi connectivity index (χ4n) is 2.37. The normalized spacial score (nSPS) is 23.8. The van der Waals surface area contributed by atoms with Gasteiger partial charge in [0.15, 0.2) is 6.29 Å². The molecule has 22 heavy (non-hydrogen) atoms. The van der Waals surface area contributed by atoms with E-state index in [4.69, 9.17) is 9.47 Å². The number of ether oxygens (including phenoxy) is 2. The zero-order chi connectivity index (χ0) is 16.2. The predicted molar refractivity (Wildman–Crippen MR) is 82.1 cm³/mol. The van der Waals surface area contributed by atoms with Crippen LogP contribution in [0.5, 0.6) is 0 Å². The molecule has 1 unspecified atom stereocenters. The van der Waals surface area contributed by atoms with Crippen molar-refractivity contribution in [2.75, 3.05) is 13.2 Å². The maximum absolute atomic E-state index is 12.4. The third kappa shape index (κ3) is 4.15. The molecule has 0 saturated carbocycles. The number of carbonyl (C=O) groups is 2. The molecular weight excluding hydrogens is 282 g/mol. The van der Waals surface area contributed by atoms with Crippen molar-refractivity contribution in [3.8, 4) is 0 Å². The first-order valence-electron chi connectivity index (χ1n) is 7.49. The molecule has 0 aromatic heterocycles. The van der Waals surface area contributed by atoms with Crippen molar-refractivity contribution in [1.82, 2.24) is 5.32 Å². The van der Waals surface area contributed by atoms with Gasteiger partial charge in [-0.15, -0.1) is 0 Å². The lowest BCUT2D eigenvalue weighted by Crippen LogP contribution is -2.51. The van der Waals surface area contributed by atoms with Crippen LogP contribution in [0.4, 0.5) is 0 Å². The van der Waals surface area contributed by atoms with Gasteiger partial charge in [-0.05, 0) is 6.92 Å². The average molecular weight is 305 g/mol. The van der Waals surface area contributed by atoms with Crippen LogP contribution >= 0.6 is 0 Å². The fraction of sp³-hybridized carbons (Fsp3) is 0.529. The number of nitrogens with one attached hydrogen (secondary N) is 1. The number of rotatable bonds is 5. The van der Waals surface area contributed by atoms with E-state index in [9.17, 15) is 9.59 Å². The summed E-state index contributed by atoms with van der Waals surface area (Å²) in [4.78, 5) is 23.3. The highest BCUT2D eigenvalue weighted by molar-refractivity contribution is 5.82. The van der Waals surface area contributed by atoms with Crippen molar-refractivity contribution in [1.29, 1.82) is 0 Å². The minimum Gasteiger partial charge on any atom is -0.353 e. The summed E-state index contributed by atoms with van der Waals surface area (Å²) in [7, 11) is 0. The number of carbonyl (C=O) groups excluding carboxylic acids is 2. The highest BCUT2D eigenvalue weighted by Crippen LogP contribution is 2.36. The second-order valence-corrected chi connectivity index (χ2v) is 6.30. The van der Waals surface area contributed by atoms with Crippen LogP contribution in [0.15, 0.2) is 30.3 Å². The highest BCUT2D eigenvalue weighted by Gasteiger charge is 2.43. The number of ketones is 1. The van der Waals surface area contributed by atoms with Crippen LogP contribution in [0.3, 0.4) is 0 Å². The molecule has 2 rings (SSSR count). The molecule has 1 aliphatic heterocycles. The summed E-state index contributed by atoms with van der Waals surface area (Å²) >= 11 is 0. The standard InChI is InChI=1S/C17H23NO4/c1-12(19)9-10-18-15(20)14-17(2,3)11-21-16(22-14)13-7-5-4-6-8-13/h4-8,14,16H,9-11H2,1-3H3,(H,18,20)/t14-,16?/m0/s1. The maximum atomic E-state index is 12.4. The highest BCUT2D eigenvalue weighted by atomic mass is 16.7. The van der Waals surface area contributed by atoms with Crippen molar-refractivity contribution < 1.29 is 19.1 Å². The number of hydrogen-bond acceptors (Lipinski definition) is 4. The van der Waals surface area contributed by atoms with Gasteiger partial charge in [-0.2, -0.15) is 0 Å². The molecule has 1 aromatic carbocycles. The van der Waals surface area contributed by atoms with Crippen molar-refractivity contribution in [2.24, 2.45) is 5.41 Å². The fourth-order valence-corrected chi connectivity index (χ4v) is 2.37. The summed E-state index contributed by atoms with van der Waals surface area (Å²) in [5.41, 5.74) is 0.463. The smallest absolute Gasteiger partial charge is 0.249 e. The second-order valence-electron chi connectivity index (χ2n) is 6.30. The van der Waals surface area contributed by atoms with Gasteiger partial charge in [0.2, 0.25) is 5.91 Å². The summed E-state index contributed by atoms with van der Waals surface area (Å²) in [6, 6.07) is 9.55. The van der Waals surface area contributed by atoms with E-state index in [0.29, 0.717) is 19.6 Å². The lowest BCUT2D eigenvalue weighted by Gasteiger charge is -2.41. The van der Waals surface area contributed by atoms with E-state index in [0.717, 1.165) is 5.56 Å². The van der Waals surface area contributed by atoms with Crippen LogP contribution in [-0.2, 0) is 19.1 Å². The maximum Gasteiger partial charge on any atom is 0.249 e. The van der Waals surface area contributed by atoms with Crippen LogP contribution < -0.4 is 5.32 Å². The Bertz CT molecular complexity index is 527. The molecule has 1 amide bonds. The van der Waals surface area contributed by atoms with E-state index in [-0.39, 0.29) is 11.7 Å². The average Bonchev–Trinajstić information content (AvgIpc) is 2.47. The molecule has 1 N–H and O–H groups in total. The largest absolute Gasteiger partial charge is 0.353 e. The van der Waals surface area contributed by atoms with Crippen molar-refractivity contribution in [3.05, 3.63) is 35.9 Å². The van der Waals surface area contributed by atoms with E-state index < -0.39 is 17.8 Å². The summed E-state index contributed by atoms with van der Waals surface area (Å²) in [6.45, 7) is 6.14. The quantitative estimate of drug-likeness (QED) is 0.906. The lowest BCUT2D eigenvalue weighted by molar-refractivity contribution is -0.258. The molecule has 1 saturated heterocycles. The SMILES string of the molecule is CC(=O)CCNC(=O)[C@@H]1OC(c2ccccc2)OCC1(C)C. The first-order chi connectivity index (χ1) is 10.4. The van der Waals surface area contributed by atoms with Gasteiger partial charge >= 0.3 is 0 Å². The third-order valence-corrected chi connectivity index (χ3v) is 3.66. The first-order valence-corrected chi connectivity index (χ1v) is 7.49. The van der Waals surface area contributed by atoms with Gasteiger partial charge in [0.05, 0.1) is 6.61 Å². The van der Waals surface area contributed by atoms with Gasteiger partial charge < -0.3 is 14.8 Å². The number of Topliss-reactive ketones (excluding diaryl/α,β-unsaturated/α-hetero) is 1. The number of benzene rings is 1. The molecule has 0 aliphatic carbocycles. The molecule has 1 fully saturated rings. The van der Waals surface area contributed by atoms with E-state index >= 15 is 0 Å². The van der Waals surface area contributed by atoms with Crippen molar-refractivity contribution in [3.63, 3.8) is 0 Å². The van der Waals surface area contributed by atoms with Gasteiger partial charge in [-0.1, -0.05) is 44.2 Å². The second kappa shape index (κ2) is 7.03. The molecule has 5 heteroatoms. The Labute approximate surface area is 131 Å². The number of amides is 1. The van der Waals surface area contributed by atoms with Crippen molar-refractivity contribution in [2.45, 2.75) is 39.6 Å². The Kier molecular flexibility index (Phi) is 5.32. The van der Waals surface area contributed by atoms with Crippen LogP contribution in [-0.4, -0.2) is 30.9 Å². The Balaban J connectivity index is 2.03. The van der Waals surface area contributed by atoms with E-state index in [1.807, 2.05) is 44.2 Å². The Morgan fingerprint density at radius 1 is 1.27 bits per heavy atom. The van der Waals surface area contributed by atoms with E-state index in [1.165, 1.54) is 6.92 Å². The predicted octanol–water partition coefficient (Wildman–Crippen LogP) is 2.22. The summed E-state index contributed by atoms with van der Waals surface area (Å²) in [6.07, 6.45) is -0.825. The molecule has 1 heterocycles. The lowest BCUT2D eigenvalue weighted by atomic mass is 9.85.